The van der Waals surface area contributed by atoms with Gasteiger partial charge in [0.15, 0.2) is 0 Å². The first-order valence-corrected chi connectivity index (χ1v) is 7.21. The van der Waals surface area contributed by atoms with Gasteiger partial charge in [-0.2, -0.15) is 0 Å². The maximum absolute atomic E-state index is 6.20. The minimum absolute atomic E-state index is 0.282. The summed E-state index contributed by atoms with van der Waals surface area (Å²) in [5.41, 5.74) is 10.1. The fourth-order valence-corrected chi connectivity index (χ4v) is 2.42. The molecule has 0 bridgehead atoms. The van der Waals surface area contributed by atoms with Crippen LogP contribution in [-0.4, -0.2) is 17.3 Å². The molecule has 2 aromatic heterocycles. The molecular formula is C17H19N3O2. The van der Waals surface area contributed by atoms with Crippen LogP contribution < -0.4 is 10.5 Å². The highest BCUT2D eigenvalue weighted by atomic mass is 16.5. The summed E-state index contributed by atoms with van der Waals surface area (Å²) in [6.07, 6.45) is 0. The van der Waals surface area contributed by atoms with E-state index in [1.54, 1.807) is 7.11 Å². The van der Waals surface area contributed by atoms with Crippen molar-refractivity contribution in [2.75, 3.05) is 12.8 Å². The highest BCUT2D eigenvalue weighted by Gasteiger charge is 2.14. The third-order valence-electron chi connectivity index (χ3n) is 3.71. The second-order valence-electron chi connectivity index (χ2n) is 5.71. The fourth-order valence-electron chi connectivity index (χ4n) is 2.42. The Balaban J connectivity index is 2.17. The average molecular weight is 297 g/mol. The van der Waals surface area contributed by atoms with Gasteiger partial charge >= 0.3 is 0 Å². The quantitative estimate of drug-likeness (QED) is 0.793. The van der Waals surface area contributed by atoms with E-state index >= 15 is 0 Å². The molecule has 0 aliphatic carbocycles. The summed E-state index contributed by atoms with van der Waals surface area (Å²) in [5.74, 6) is 1.89. The van der Waals surface area contributed by atoms with Crippen LogP contribution in [0.2, 0.25) is 0 Å². The summed E-state index contributed by atoms with van der Waals surface area (Å²) in [6.45, 7) is 6.11. The van der Waals surface area contributed by atoms with Crippen molar-refractivity contribution >= 4 is 16.6 Å². The number of nitrogens with zero attached hydrogens (tertiary/aromatic N) is 2. The molecule has 0 atom stereocenters. The largest absolute Gasteiger partial charge is 0.497 e. The molecule has 0 aliphatic rings. The van der Waals surface area contributed by atoms with Gasteiger partial charge in [-0.25, -0.2) is 4.98 Å². The van der Waals surface area contributed by atoms with E-state index in [9.17, 15) is 0 Å². The van der Waals surface area contributed by atoms with E-state index in [1.807, 2.05) is 31.2 Å². The second kappa shape index (κ2) is 5.33. The molecule has 0 unspecified atom stereocenters. The molecule has 3 rings (SSSR count). The molecular weight excluding hydrogens is 278 g/mol. The molecule has 0 saturated carbocycles. The number of nitrogens with two attached hydrogens (primary N) is 1. The Morgan fingerprint density at radius 3 is 2.55 bits per heavy atom. The normalized spacial score (nSPS) is 11.3. The number of fused-ring (bicyclic) bond motifs is 1. The molecule has 2 N–H and O–H groups in total. The summed E-state index contributed by atoms with van der Waals surface area (Å²) in [6, 6.07) is 7.58. The predicted molar refractivity (Wildman–Crippen MR) is 87.0 cm³/mol. The van der Waals surface area contributed by atoms with E-state index in [2.05, 4.69) is 19.0 Å². The fraction of sp³-hybridized carbons (Fsp3) is 0.294. The number of rotatable bonds is 3. The number of aryl methyl sites for hydroxylation is 1. The van der Waals surface area contributed by atoms with Crippen LogP contribution in [-0.2, 0) is 0 Å². The van der Waals surface area contributed by atoms with Crippen molar-refractivity contribution in [2.45, 2.75) is 26.7 Å². The summed E-state index contributed by atoms with van der Waals surface area (Å²) in [5, 5.41) is 4.98. The molecule has 0 radical (unpaired) electrons. The number of benzene rings is 1. The van der Waals surface area contributed by atoms with Gasteiger partial charge in [-0.1, -0.05) is 19.0 Å². The standard InChI is InChI=1S/C17H19N3O2/c1-9(2)16-8-15(20-22-16)14-7-13(18)12-6-11(21-4)5-10(3)17(12)19-14/h5-9H,1-4H3,(H2,18,19). The molecule has 2 heterocycles. The Kier molecular flexibility index (Phi) is 3.48. The molecule has 0 spiro atoms. The number of hydrogen-bond donors (Lipinski definition) is 1. The molecule has 1 aromatic carbocycles. The summed E-state index contributed by atoms with van der Waals surface area (Å²) in [4.78, 5) is 4.70. The molecule has 0 amide bonds. The van der Waals surface area contributed by atoms with Crippen molar-refractivity contribution in [3.63, 3.8) is 0 Å². The van der Waals surface area contributed by atoms with Crippen LogP contribution in [0.1, 0.15) is 31.1 Å². The predicted octanol–water partition coefficient (Wildman–Crippen LogP) is 3.91. The maximum atomic E-state index is 6.20. The van der Waals surface area contributed by atoms with Crippen molar-refractivity contribution < 1.29 is 9.26 Å². The lowest BCUT2D eigenvalue weighted by Crippen LogP contribution is -1.96. The summed E-state index contributed by atoms with van der Waals surface area (Å²) >= 11 is 0. The summed E-state index contributed by atoms with van der Waals surface area (Å²) < 4.78 is 10.6. The van der Waals surface area contributed by atoms with Gasteiger partial charge in [0.1, 0.15) is 17.2 Å². The number of hydrogen-bond acceptors (Lipinski definition) is 5. The minimum atomic E-state index is 0.282. The Bertz CT molecular complexity index is 837. The minimum Gasteiger partial charge on any atom is -0.497 e. The molecule has 0 aliphatic heterocycles. The van der Waals surface area contributed by atoms with Crippen LogP contribution in [0.15, 0.2) is 28.8 Å². The molecule has 3 aromatic rings. The highest BCUT2D eigenvalue weighted by Crippen LogP contribution is 2.31. The number of nitrogen functional groups attached to an aromatic ring is 1. The van der Waals surface area contributed by atoms with Gasteiger partial charge in [-0.05, 0) is 30.7 Å². The lowest BCUT2D eigenvalue weighted by Gasteiger charge is -2.09. The topological polar surface area (TPSA) is 74.2 Å². The zero-order chi connectivity index (χ0) is 15.9. The number of aromatic nitrogens is 2. The van der Waals surface area contributed by atoms with Gasteiger partial charge in [0.2, 0.25) is 0 Å². The third-order valence-corrected chi connectivity index (χ3v) is 3.71. The Hall–Kier alpha value is -2.56. The molecule has 114 valence electrons. The maximum Gasteiger partial charge on any atom is 0.139 e. The zero-order valence-electron chi connectivity index (χ0n) is 13.2. The highest BCUT2D eigenvalue weighted by molar-refractivity contribution is 5.95. The smallest absolute Gasteiger partial charge is 0.139 e. The average Bonchev–Trinajstić information content (AvgIpc) is 2.97. The van der Waals surface area contributed by atoms with Gasteiger partial charge in [0.05, 0.1) is 18.3 Å². The van der Waals surface area contributed by atoms with Crippen LogP contribution in [0.25, 0.3) is 22.3 Å². The van der Waals surface area contributed by atoms with E-state index in [4.69, 9.17) is 20.0 Å². The second-order valence-corrected chi connectivity index (χ2v) is 5.71. The lowest BCUT2D eigenvalue weighted by molar-refractivity contribution is 0.373. The first-order chi connectivity index (χ1) is 10.5. The van der Waals surface area contributed by atoms with Crippen LogP contribution >= 0.6 is 0 Å². The first kappa shape index (κ1) is 14.4. The van der Waals surface area contributed by atoms with Crippen LogP contribution in [0.3, 0.4) is 0 Å². The van der Waals surface area contributed by atoms with Crippen LogP contribution in [0, 0.1) is 6.92 Å². The SMILES string of the molecule is COc1cc(C)c2nc(-c3cc(C(C)C)on3)cc(N)c2c1. The van der Waals surface area contributed by atoms with Crippen LogP contribution in [0.5, 0.6) is 5.75 Å². The van der Waals surface area contributed by atoms with E-state index in [1.165, 1.54) is 0 Å². The molecule has 22 heavy (non-hydrogen) atoms. The van der Waals surface area contributed by atoms with Gasteiger partial charge in [-0.3, -0.25) is 0 Å². The van der Waals surface area contributed by atoms with E-state index in [-0.39, 0.29) is 5.92 Å². The third kappa shape index (κ3) is 2.39. The van der Waals surface area contributed by atoms with Crippen molar-refractivity contribution in [1.82, 2.24) is 10.1 Å². The Morgan fingerprint density at radius 2 is 1.91 bits per heavy atom. The number of anilines is 1. The number of methoxy groups -OCH3 is 1. The monoisotopic (exact) mass is 297 g/mol. The number of ether oxygens (including phenoxy) is 1. The molecule has 0 saturated heterocycles. The van der Waals surface area contributed by atoms with Crippen molar-refractivity contribution in [1.29, 1.82) is 0 Å². The summed E-state index contributed by atoms with van der Waals surface area (Å²) in [7, 11) is 1.64. The van der Waals surface area contributed by atoms with Crippen LogP contribution in [0.4, 0.5) is 5.69 Å². The van der Waals surface area contributed by atoms with Gasteiger partial charge in [0, 0.05) is 23.1 Å². The molecule has 0 fully saturated rings. The molecule has 5 nitrogen and oxygen atoms in total. The van der Waals surface area contributed by atoms with Crippen molar-refractivity contribution in [3.8, 4) is 17.1 Å². The van der Waals surface area contributed by atoms with Crippen molar-refractivity contribution in [3.05, 3.63) is 35.6 Å². The van der Waals surface area contributed by atoms with Gasteiger partial charge in [0.25, 0.3) is 0 Å². The zero-order valence-corrected chi connectivity index (χ0v) is 13.2. The first-order valence-electron chi connectivity index (χ1n) is 7.21. The van der Waals surface area contributed by atoms with Gasteiger partial charge < -0.3 is 15.0 Å². The number of pyridine rings is 1. The van der Waals surface area contributed by atoms with Crippen molar-refractivity contribution in [2.24, 2.45) is 0 Å². The van der Waals surface area contributed by atoms with E-state index < -0.39 is 0 Å². The Labute approximate surface area is 129 Å². The lowest BCUT2D eigenvalue weighted by atomic mass is 10.1. The van der Waals surface area contributed by atoms with Gasteiger partial charge in [-0.15, -0.1) is 0 Å². The molecule has 5 heteroatoms. The Morgan fingerprint density at radius 1 is 1.14 bits per heavy atom. The van der Waals surface area contributed by atoms with E-state index in [0.717, 1.165) is 28.0 Å². The van der Waals surface area contributed by atoms with E-state index in [0.29, 0.717) is 17.1 Å².